The Morgan fingerprint density at radius 3 is 2.87 bits per heavy atom. The quantitative estimate of drug-likeness (QED) is 0.464. The van der Waals surface area contributed by atoms with Crippen molar-refractivity contribution in [1.82, 2.24) is 0 Å². The van der Waals surface area contributed by atoms with Crippen molar-refractivity contribution in [2.24, 2.45) is 28.6 Å². The van der Waals surface area contributed by atoms with Gasteiger partial charge >= 0.3 is 0 Å². The van der Waals surface area contributed by atoms with E-state index in [0.29, 0.717) is 18.3 Å². The highest BCUT2D eigenvalue weighted by atomic mass is 35.5. The molecule has 2 fully saturated rings. The van der Waals surface area contributed by atoms with Crippen LogP contribution in [0.1, 0.15) is 58.8 Å². The first-order valence-corrected chi connectivity index (χ1v) is 9.25. The molecule has 0 radical (unpaired) electrons. The first kappa shape index (κ1) is 17.1. The molecule has 2 saturated carbocycles. The molecule has 0 aromatic carbocycles. The third kappa shape index (κ3) is 2.77. The zero-order valence-electron chi connectivity index (χ0n) is 14.1. The van der Waals surface area contributed by atoms with Gasteiger partial charge in [-0.2, -0.15) is 0 Å². The molecule has 3 rings (SSSR count). The van der Waals surface area contributed by atoms with Gasteiger partial charge in [-0.25, -0.2) is 0 Å². The lowest BCUT2D eigenvalue weighted by atomic mass is 9.47. The number of carbonyl (C=O) groups excluding carboxylic acids is 1. The van der Waals surface area contributed by atoms with E-state index in [-0.39, 0.29) is 22.9 Å². The minimum Gasteiger partial charge on any atom is -0.393 e. The van der Waals surface area contributed by atoms with E-state index in [4.69, 9.17) is 11.6 Å². The van der Waals surface area contributed by atoms with Gasteiger partial charge in [0.15, 0.2) is 0 Å². The van der Waals surface area contributed by atoms with Crippen LogP contribution in [0.25, 0.3) is 0 Å². The lowest BCUT2D eigenvalue weighted by Gasteiger charge is -2.57. The number of halogens is 1. The van der Waals surface area contributed by atoms with Crippen LogP contribution >= 0.6 is 11.6 Å². The van der Waals surface area contributed by atoms with E-state index in [1.807, 2.05) is 0 Å². The molecule has 0 aliphatic heterocycles. The van der Waals surface area contributed by atoms with Crippen LogP contribution in [-0.2, 0) is 4.79 Å². The fourth-order valence-electron chi connectivity index (χ4n) is 5.67. The SMILES string of the molecule is C[C@]1(C=O)CC[C@H]2[C@@H](CC=C3C[C@@H](O)CC[C@@]32C)[C@@H]1CC#CCl. The number of hydrogen-bond donors (Lipinski definition) is 1. The zero-order chi connectivity index (χ0) is 16.7. The molecule has 0 heterocycles. The second kappa shape index (κ2) is 6.26. The minimum absolute atomic E-state index is 0.174. The van der Waals surface area contributed by atoms with Crippen LogP contribution in [0, 0.1) is 39.9 Å². The van der Waals surface area contributed by atoms with E-state index in [1.54, 1.807) is 0 Å². The van der Waals surface area contributed by atoms with Gasteiger partial charge in [-0.05, 0) is 73.3 Å². The topological polar surface area (TPSA) is 37.3 Å². The fourth-order valence-corrected chi connectivity index (χ4v) is 5.75. The molecular formula is C20H27ClO2. The number of rotatable bonds is 2. The van der Waals surface area contributed by atoms with Gasteiger partial charge in [-0.3, -0.25) is 0 Å². The van der Waals surface area contributed by atoms with Gasteiger partial charge in [0.2, 0.25) is 0 Å². The van der Waals surface area contributed by atoms with Crippen LogP contribution in [0.3, 0.4) is 0 Å². The number of aliphatic hydroxyl groups is 1. The number of hydrogen-bond acceptors (Lipinski definition) is 2. The van der Waals surface area contributed by atoms with Crippen molar-refractivity contribution in [3.63, 3.8) is 0 Å². The summed E-state index contributed by atoms with van der Waals surface area (Å²) in [6, 6.07) is 0. The number of carbonyl (C=O) groups is 1. The van der Waals surface area contributed by atoms with Gasteiger partial charge in [0.25, 0.3) is 0 Å². The van der Waals surface area contributed by atoms with Crippen molar-refractivity contribution in [2.75, 3.05) is 0 Å². The maximum atomic E-state index is 11.8. The summed E-state index contributed by atoms with van der Waals surface area (Å²) in [5.74, 6) is 4.41. The highest BCUT2D eigenvalue weighted by Crippen LogP contribution is 2.61. The first-order valence-electron chi connectivity index (χ1n) is 8.87. The summed E-state index contributed by atoms with van der Waals surface area (Å²) < 4.78 is 0. The van der Waals surface area contributed by atoms with Crippen LogP contribution in [0.5, 0.6) is 0 Å². The van der Waals surface area contributed by atoms with Crippen LogP contribution in [-0.4, -0.2) is 17.5 Å². The molecule has 0 saturated heterocycles. The van der Waals surface area contributed by atoms with Crippen molar-refractivity contribution < 1.29 is 9.90 Å². The third-order valence-corrected chi connectivity index (χ3v) is 7.31. The Morgan fingerprint density at radius 1 is 1.39 bits per heavy atom. The normalized spacial score (nSPS) is 45.8. The minimum atomic E-state index is -0.280. The molecule has 126 valence electrons. The van der Waals surface area contributed by atoms with Crippen LogP contribution in [0.15, 0.2) is 11.6 Å². The van der Waals surface area contributed by atoms with Gasteiger partial charge in [0, 0.05) is 17.2 Å². The highest BCUT2D eigenvalue weighted by molar-refractivity contribution is 6.30. The molecule has 3 aliphatic carbocycles. The van der Waals surface area contributed by atoms with E-state index in [0.717, 1.165) is 44.8 Å². The molecule has 0 bridgehead atoms. The number of allylic oxidation sites excluding steroid dienone is 1. The van der Waals surface area contributed by atoms with Gasteiger partial charge in [-0.1, -0.05) is 31.4 Å². The molecule has 3 heteroatoms. The summed E-state index contributed by atoms with van der Waals surface area (Å²) in [5.41, 5.74) is 1.37. The Hall–Kier alpha value is -0.780. The maximum Gasteiger partial charge on any atom is 0.126 e. The summed E-state index contributed by atoms with van der Waals surface area (Å²) >= 11 is 5.60. The van der Waals surface area contributed by atoms with E-state index < -0.39 is 0 Å². The van der Waals surface area contributed by atoms with E-state index in [2.05, 4.69) is 31.2 Å². The summed E-state index contributed by atoms with van der Waals surface area (Å²) in [6.45, 7) is 4.48. The molecule has 6 atom stereocenters. The number of aliphatic hydroxyl groups excluding tert-OH is 1. The second-order valence-corrected chi connectivity index (χ2v) is 8.48. The maximum absolute atomic E-state index is 11.8. The monoisotopic (exact) mass is 334 g/mol. The van der Waals surface area contributed by atoms with Gasteiger partial charge in [0.1, 0.15) is 6.29 Å². The standard InChI is InChI=1S/C20H27ClO2/c1-19(13-22)9-8-18-16(17(19)4-3-11-21)6-5-14-12-15(23)7-10-20(14,18)2/h5,13,15-18,23H,4,6-10,12H2,1-2H3/t15-,16-,17-,18-,19+,20-/m0/s1. The number of aldehydes is 1. The van der Waals surface area contributed by atoms with Crippen molar-refractivity contribution >= 4 is 17.9 Å². The van der Waals surface area contributed by atoms with Gasteiger partial charge in [0.05, 0.1) is 6.10 Å². The number of fused-ring (bicyclic) bond motifs is 3. The van der Waals surface area contributed by atoms with E-state index in [1.165, 1.54) is 5.57 Å². The molecule has 23 heavy (non-hydrogen) atoms. The second-order valence-electron chi connectivity index (χ2n) is 8.29. The van der Waals surface area contributed by atoms with Gasteiger partial charge in [-0.15, -0.1) is 0 Å². The van der Waals surface area contributed by atoms with Crippen molar-refractivity contribution in [3.05, 3.63) is 11.6 Å². The Bertz CT molecular complexity index is 572. The Balaban J connectivity index is 1.95. The lowest BCUT2D eigenvalue weighted by Crippen LogP contribution is -2.51. The molecule has 0 amide bonds. The van der Waals surface area contributed by atoms with Crippen LogP contribution in [0.4, 0.5) is 0 Å². The Morgan fingerprint density at radius 2 is 2.17 bits per heavy atom. The predicted molar refractivity (Wildman–Crippen MR) is 92.8 cm³/mol. The summed E-state index contributed by atoms with van der Waals surface area (Å²) in [4.78, 5) is 11.8. The smallest absolute Gasteiger partial charge is 0.126 e. The largest absolute Gasteiger partial charge is 0.393 e. The highest BCUT2D eigenvalue weighted by Gasteiger charge is 2.54. The van der Waals surface area contributed by atoms with Gasteiger partial charge < -0.3 is 9.90 Å². The average molecular weight is 335 g/mol. The summed E-state index contributed by atoms with van der Waals surface area (Å²) in [5, 5.41) is 12.5. The molecular weight excluding hydrogens is 308 g/mol. The molecule has 1 N–H and O–H groups in total. The van der Waals surface area contributed by atoms with Crippen LogP contribution < -0.4 is 0 Å². The summed E-state index contributed by atoms with van der Waals surface area (Å²) in [6.07, 6.45) is 9.91. The molecule has 0 aromatic rings. The van der Waals surface area contributed by atoms with Crippen LogP contribution in [0.2, 0.25) is 0 Å². The molecule has 2 nitrogen and oxygen atoms in total. The Kier molecular flexibility index (Phi) is 4.64. The van der Waals surface area contributed by atoms with Crippen molar-refractivity contribution in [3.8, 4) is 11.3 Å². The van der Waals surface area contributed by atoms with E-state index in [9.17, 15) is 9.90 Å². The first-order chi connectivity index (χ1) is 10.9. The van der Waals surface area contributed by atoms with Crippen molar-refractivity contribution in [1.29, 1.82) is 0 Å². The zero-order valence-corrected chi connectivity index (χ0v) is 14.9. The lowest BCUT2D eigenvalue weighted by molar-refractivity contribution is -0.126. The fraction of sp³-hybridized carbons (Fsp3) is 0.750. The molecule has 0 aromatic heterocycles. The third-order valence-electron chi connectivity index (χ3n) is 7.17. The van der Waals surface area contributed by atoms with E-state index >= 15 is 0 Å². The molecule has 0 unspecified atom stereocenters. The molecule has 0 spiro atoms. The molecule has 3 aliphatic rings. The Labute approximate surface area is 144 Å². The summed E-state index contributed by atoms with van der Waals surface area (Å²) in [7, 11) is 0. The predicted octanol–water partition coefficient (Wildman–Crippen LogP) is 4.31. The average Bonchev–Trinajstić information content (AvgIpc) is 2.54. The van der Waals surface area contributed by atoms with Crippen molar-refractivity contribution in [2.45, 2.75) is 64.9 Å².